The first kappa shape index (κ1) is 15.2. The molecule has 8 nitrogen and oxygen atoms in total. The number of aromatic carboxylic acids is 1. The van der Waals surface area contributed by atoms with Crippen LogP contribution in [0, 0.1) is 13.8 Å². The van der Waals surface area contributed by atoms with Gasteiger partial charge in [-0.05, 0) is 26.7 Å². The lowest BCUT2D eigenvalue weighted by molar-refractivity contribution is 0.0691. The zero-order chi connectivity index (χ0) is 15.6. The topological polar surface area (TPSA) is 106 Å². The summed E-state index contributed by atoms with van der Waals surface area (Å²) in [7, 11) is 1.81. The Balaban J connectivity index is 2.53. The number of hydrogen-bond donors (Lipinski definition) is 2. The van der Waals surface area contributed by atoms with Gasteiger partial charge < -0.3 is 10.2 Å². The molecule has 0 unspecified atom stereocenters. The fraction of sp³-hybridized carbons (Fsp3) is 0.538. The lowest BCUT2D eigenvalue weighted by Gasteiger charge is -2.07. The van der Waals surface area contributed by atoms with Gasteiger partial charge in [-0.2, -0.15) is 5.10 Å². The molecule has 21 heavy (non-hydrogen) atoms. The molecule has 0 aliphatic heterocycles. The van der Waals surface area contributed by atoms with E-state index < -0.39 is 5.97 Å². The number of aryl methyl sites for hydroxylation is 3. The first-order chi connectivity index (χ1) is 9.97. The van der Waals surface area contributed by atoms with Gasteiger partial charge in [-0.25, -0.2) is 9.48 Å². The normalized spacial score (nSPS) is 11.0. The number of aliphatic hydroxyl groups excluding tert-OH is 1. The number of carboxylic acid groups (broad SMARTS) is 1. The number of carboxylic acids is 1. The van der Waals surface area contributed by atoms with Crippen molar-refractivity contribution in [2.75, 3.05) is 6.61 Å². The maximum atomic E-state index is 11.4. The third-order valence-corrected chi connectivity index (χ3v) is 3.46. The van der Waals surface area contributed by atoms with Crippen molar-refractivity contribution < 1.29 is 15.0 Å². The highest BCUT2D eigenvalue weighted by molar-refractivity contribution is 5.93. The molecule has 0 fully saturated rings. The average Bonchev–Trinajstić information content (AvgIpc) is 2.92. The van der Waals surface area contributed by atoms with Gasteiger partial charge in [-0.1, -0.05) is 5.21 Å². The molecule has 0 bridgehead atoms. The van der Waals surface area contributed by atoms with Gasteiger partial charge >= 0.3 is 5.97 Å². The minimum atomic E-state index is -1.11. The van der Waals surface area contributed by atoms with Crippen LogP contribution >= 0.6 is 0 Å². The van der Waals surface area contributed by atoms with E-state index in [0.717, 1.165) is 17.0 Å². The van der Waals surface area contributed by atoms with Crippen LogP contribution in [0.15, 0.2) is 0 Å². The average molecular weight is 293 g/mol. The number of rotatable bonds is 6. The second kappa shape index (κ2) is 6.04. The van der Waals surface area contributed by atoms with Crippen LogP contribution in [0.2, 0.25) is 0 Å². The van der Waals surface area contributed by atoms with E-state index in [1.807, 2.05) is 20.9 Å². The Hall–Kier alpha value is -2.22. The summed E-state index contributed by atoms with van der Waals surface area (Å²) in [6.07, 6.45) is 1.33. The molecule has 0 aliphatic rings. The fourth-order valence-corrected chi connectivity index (χ4v) is 2.35. The number of carbonyl (C=O) groups is 1. The van der Waals surface area contributed by atoms with Crippen molar-refractivity contribution >= 4 is 5.97 Å². The van der Waals surface area contributed by atoms with Crippen molar-refractivity contribution in [3.05, 3.63) is 17.1 Å². The SMILES string of the molecule is Cc1nn(C)c(C)c1-c1c(C(=O)O)nnn1CCCCO. The van der Waals surface area contributed by atoms with Gasteiger partial charge in [0.2, 0.25) is 0 Å². The second-order valence-corrected chi connectivity index (χ2v) is 4.92. The Morgan fingerprint density at radius 2 is 2.00 bits per heavy atom. The van der Waals surface area contributed by atoms with Crippen molar-refractivity contribution in [2.45, 2.75) is 33.2 Å². The Kier molecular flexibility index (Phi) is 4.37. The summed E-state index contributed by atoms with van der Waals surface area (Å²) in [6.45, 7) is 4.32. The van der Waals surface area contributed by atoms with Crippen LogP contribution in [0.4, 0.5) is 0 Å². The minimum Gasteiger partial charge on any atom is -0.476 e. The number of aromatic nitrogens is 5. The van der Waals surface area contributed by atoms with Crippen LogP contribution in [-0.2, 0) is 13.6 Å². The number of aliphatic hydroxyl groups is 1. The van der Waals surface area contributed by atoms with Crippen LogP contribution in [0.1, 0.15) is 34.7 Å². The van der Waals surface area contributed by atoms with Crippen LogP contribution in [0.5, 0.6) is 0 Å². The number of nitrogens with zero attached hydrogens (tertiary/aromatic N) is 5. The Morgan fingerprint density at radius 3 is 2.52 bits per heavy atom. The Bertz CT molecular complexity index is 659. The maximum absolute atomic E-state index is 11.4. The largest absolute Gasteiger partial charge is 0.476 e. The fourth-order valence-electron chi connectivity index (χ4n) is 2.35. The van der Waals surface area contributed by atoms with E-state index in [4.69, 9.17) is 5.11 Å². The smallest absolute Gasteiger partial charge is 0.358 e. The molecule has 2 rings (SSSR count). The summed E-state index contributed by atoms with van der Waals surface area (Å²) in [5, 5.41) is 30.2. The van der Waals surface area contributed by atoms with Gasteiger partial charge in [0.25, 0.3) is 0 Å². The quantitative estimate of drug-likeness (QED) is 0.762. The van der Waals surface area contributed by atoms with E-state index >= 15 is 0 Å². The number of unbranched alkanes of at least 4 members (excludes halogenated alkanes) is 1. The van der Waals surface area contributed by atoms with Gasteiger partial charge in [0.1, 0.15) is 5.69 Å². The molecule has 0 saturated heterocycles. The second-order valence-electron chi connectivity index (χ2n) is 4.92. The van der Waals surface area contributed by atoms with Crippen molar-refractivity contribution in [1.82, 2.24) is 24.8 Å². The molecule has 8 heteroatoms. The molecule has 2 heterocycles. The van der Waals surface area contributed by atoms with Crippen LogP contribution in [0.25, 0.3) is 11.3 Å². The molecule has 0 saturated carbocycles. The van der Waals surface area contributed by atoms with Gasteiger partial charge in [0.05, 0.1) is 5.69 Å². The molecule has 0 aliphatic carbocycles. The van der Waals surface area contributed by atoms with Crippen molar-refractivity contribution in [3.63, 3.8) is 0 Å². The van der Waals surface area contributed by atoms with Crippen LogP contribution in [0.3, 0.4) is 0 Å². The highest BCUT2D eigenvalue weighted by atomic mass is 16.4. The summed E-state index contributed by atoms with van der Waals surface area (Å²) in [6, 6.07) is 0. The van der Waals surface area contributed by atoms with E-state index in [-0.39, 0.29) is 12.3 Å². The molecular formula is C13H19N5O3. The molecule has 0 radical (unpaired) electrons. The molecule has 2 aromatic heterocycles. The molecule has 0 spiro atoms. The predicted octanol–water partition coefficient (Wildman–Crippen LogP) is 0.766. The minimum absolute atomic E-state index is 0.0711. The summed E-state index contributed by atoms with van der Waals surface area (Å²) in [5.74, 6) is -1.11. The summed E-state index contributed by atoms with van der Waals surface area (Å²) in [5.41, 5.74) is 2.76. The zero-order valence-corrected chi connectivity index (χ0v) is 12.4. The molecule has 0 amide bonds. The maximum Gasteiger partial charge on any atom is 0.358 e. The molecule has 0 aromatic carbocycles. The highest BCUT2D eigenvalue weighted by Crippen LogP contribution is 2.29. The molecule has 2 aromatic rings. The van der Waals surface area contributed by atoms with Crippen LogP contribution in [-0.4, -0.2) is 47.6 Å². The first-order valence-corrected chi connectivity index (χ1v) is 6.75. The highest BCUT2D eigenvalue weighted by Gasteiger charge is 2.25. The van der Waals surface area contributed by atoms with Gasteiger partial charge in [0, 0.05) is 31.5 Å². The summed E-state index contributed by atoms with van der Waals surface area (Å²) < 4.78 is 3.29. The summed E-state index contributed by atoms with van der Waals surface area (Å²) in [4.78, 5) is 11.4. The molecule has 2 N–H and O–H groups in total. The first-order valence-electron chi connectivity index (χ1n) is 6.75. The predicted molar refractivity (Wildman–Crippen MR) is 75.0 cm³/mol. The van der Waals surface area contributed by atoms with Crippen LogP contribution < -0.4 is 0 Å². The zero-order valence-electron chi connectivity index (χ0n) is 12.4. The van der Waals surface area contributed by atoms with Crippen molar-refractivity contribution in [3.8, 4) is 11.3 Å². The third kappa shape index (κ3) is 2.80. The molecule has 114 valence electrons. The molecule has 0 atom stereocenters. The lowest BCUT2D eigenvalue weighted by Crippen LogP contribution is -2.07. The van der Waals surface area contributed by atoms with Crippen molar-refractivity contribution in [2.24, 2.45) is 7.05 Å². The standard InChI is InChI=1S/C13H19N5O3/c1-8-10(9(2)17(3)15-8)12-11(13(20)21)14-16-18(12)6-4-5-7-19/h19H,4-7H2,1-3H3,(H,20,21). The van der Waals surface area contributed by atoms with Gasteiger partial charge in [-0.15, -0.1) is 5.10 Å². The van der Waals surface area contributed by atoms with Crippen molar-refractivity contribution in [1.29, 1.82) is 0 Å². The van der Waals surface area contributed by atoms with Gasteiger partial charge in [0.15, 0.2) is 5.69 Å². The van der Waals surface area contributed by atoms with E-state index in [2.05, 4.69) is 15.4 Å². The van der Waals surface area contributed by atoms with E-state index in [1.54, 1.807) is 9.36 Å². The van der Waals surface area contributed by atoms with E-state index in [9.17, 15) is 9.90 Å². The third-order valence-electron chi connectivity index (χ3n) is 3.46. The molecular weight excluding hydrogens is 274 g/mol. The monoisotopic (exact) mass is 293 g/mol. The number of hydrogen-bond acceptors (Lipinski definition) is 5. The van der Waals surface area contributed by atoms with E-state index in [1.165, 1.54) is 0 Å². The van der Waals surface area contributed by atoms with E-state index in [0.29, 0.717) is 25.1 Å². The Morgan fingerprint density at radius 1 is 1.29 bits per heavy atom. The lowest BCUT2D eigenvalue weighted by atomic mass is 10.1. The van der Waals surface area contributed by atoms with Gasteiger partial charge in [-0.3, -0.25) is 4.68 Å². The Labute approximate surface area is 122 Å². The summed E-state index contributed by atoms with van der Waals surface area (Å²) >= 11 is 0.